The molecule has 0 rings (SSSR count). The fraction of sp³-hybridized carbons (Fsp3) is 0.667. The summed E-state index contributed by atoms with van der Waals surface area (Å²) in [5.74, 6) is -0.549. The van der Waals surface area contributed by atoms with Gasteiger partial charge in [-0.1, -0.05) is 6.92 Å². The number of amides is 3. The van der Waals surface area contributed by atoms with Gasteiger partial charge in [0.2, 0.25) is 5.91 Å². The van der Waals surface area contributed by atoms with E-state index in [4.69, 9.17) is 11.5 Å². The van der Waals surface area contributed by atoms with Gasteiger partial charge in [0.1, 0.15) is 0 Å². The minimum Gasteiger partial charge on any atom is -0.351 e. The van der Waals surface area contributed by atoms with Crippen molar-refractivity contribution in [3.05, 3.63) is 0 Å². The van der Waals surface area contributed by atoms with Crippen LogP contribution in [0.25, 0.3) is 0 Å². The van der Waals surface area contributed by atoms with E-state index in [1.54, 1.807) is 6.92 Å². The molecule has 0 radical (unpaired) electrons. The number of carbonyl (C=O) groups excluding carboxylic acids is 2. The van der Waals surface area contributed by atoms with E-state index in [9.17, 15) is 9.59 Å². The van der Waals surface area contributed by atoms with Crippen molar-refractivity contribution in [1.29, 1.82) is 0 Å². The van der Waals surface area contributed by atoms with Gasteiger partial charge >= 0.3 is 6.03 Å². The molecule has 0 aliphatic heterocycles. The molecule has 0 bridgehead atoms. The van der Waals surface area contributed by atoms with E-state index in [0.29, 0.717) is 6.42 Å². The first-order chi connectivity index (χ1) is 4.90. The first kappa shape index (κ1) is 9.90. The van der Waals surface area contributed by atoms with Gasteiger partial charge in [0.15, 0.2) is 0 Å². The SMILES string of the molecule is CCC(C)(N)C(=O)NC(N)=O. The molecule has 64 valence electrons. The summed E-state index contributed by atoms with van der Waals surface area (Å²) in [6.45, 7) is 3.28. The Morgan fingerprint density at radius 2 is 2.00 bits per heavy atom. The number of imide groups is 1. The minimum atomic E-state index is -1.02. The lowest BCUT2D eigenvalue weighted by molar-refractivity contribution is -0.124. The van der Waals surface area contributed by atoms with Gasteiger partial charge in [0, 0.05) is 0 Å². The molecule has 0 heterocycles. The van der Waals surface area contributed by atoms with Gasteiger partial charge in [-0.2, -0.15) is 0 Å². The van der Waals surface area contributed by atoms with E-state index in [1.165, 1.54) is 6.92 Å². The summed E-state index contributed by atoms with van der Waals surface area (Å²) < 4.78 is 0. The van der Waals surface area contributed by atoms with E-state index in [1.807, 2.05) is 5.32 Å². The fourth-order valence-electron chi connectivity index (χ4n) is 0.415. The lowest BCUT2D eigenvalue weighted by atomic mass is 10.00. The molecule has 5 heteroatoms. The molecular formula is C6H13N3O2. The summed E-state index contributed by atoms with van der Waals surface area (Å²) in [4.78, 5) is 21.2. The zero-order valence-corrected chi connectivity index (χ0v) is 6.68. The Bertz CT molecular complexity index is 177. The molecule has 0 fully saturated rings. The van der Waals surface area contributed by atoms with Gasteiger partial charge in [-0.25, -0.2) is 4.79 Å². The number of primary amides is 1. The summed E-state index contributed by atoms with van der Waals surface area (Å²) in [5, 5.41) is 1.91. The molecule has 11 heavy (non-hydrogen) atoms. The smallest absolute Gasteiger partial charge is 0.318 e. The van der Waals surface area contributed by atoms with Crippen LogP contribution < -0.4 is 16.8 Å². The van der Waals surface area contributed by atoms with Crippen molar-refractivity contribution in [3.63, 3.8) is 0 Å². The molecule has 0 aromatic rings. The Kier molecular flexibility index (Phi) is 3.00. The highest BCUT2D eigenvalue weighted by Crippen LogP contribution is 2.03. The van der Waals surface area contributed by atoms with Crippen LogP contribution in [0.5, 0.6) is 0 Å². The number of carbonyl (C=O) groups is 2. The number of nitrogens with one attached hydrogen (secondary N) is 1. The standard InChI is InChI=1S/C6H13N3O2/c1-3-6(2,8)4(10)9-5(7)11/h3,8H2,1-2H3,(H3,7,9,10,11). The van der Waals surface area contributed by atoms with Crippen molar-refractivity contribution in [2.45, 2.75) is 25.8 Å². The number of hydrogen-bond acceptors (Lipinski definition) is 3. The molecule has 0 saturated heterocycles. The van der Waals surface area contributed by atoms with Crippen molar-refractivity contribution in [2.24, 2.45) is 11.5 Å². The largest absolute Gasteiger partial charge is 0.351 e. The van der Waals surface area contributed by atoms with E-state index in [-0.39, 0.29) is 0 Å². The second-order valence-corrected chi connectivity index (χ2v) is 2.59. The lowest BCUT2D eigenvalue weighted by Gasteiger charge is -2.19. The van der Waals surface area contributed by atoms with Gasteiger partial charge in [-0.05, 0) is 13.3 Å². The molecule has 0 aliphatic carbocycles. The van der Waals surface area contributed by atoms with Crippen LogP contribution >= 0.6 is 0 Å². The van der Waals surface area contributed by atoms with E-state index >= 15 is 0 Å². The van der Waals surface area contributed by atoms with Crippen LogP contribution in [0, 0.1) is 0 Å². The molecule has 0 aliphatic rings. The third-order valence-corrected chi connectivity index (χ3v) is 1.49. The second kappa shape index (κ2) is 3.34. The molecule has 5 N–H and O–H groups in total. The third-order valence-electron chi connectivity index (χ3n) is 1.49. The Labute approximate surface area is 65.1 Å². The van der Waals surface area contributed by atoms with Crippen molar-refractivity contribution in [1.82, 2.24) is 5.32 Å². The van der Waals surface area contributed by atoms with E-state index < -0.39 is 17.5 Å². The summed E-state index contributed by atoms with van der Waals surface area (Å²) in [5.41, 5.74) is 9.19. The van der Waals surface area contributed by atoms with Crippen molar-refractivity contribution in [2.75, 3.05) is 0 Å². The topological polar surface area (TPSA) is 98.2 Å². The van der Waals surface area contributed by atoms with Crippen LogP contribution in [0.1, 0.15) is 20.3 Å². The maximum Gasteiger partial charge on any atom is 0.318 e. The van der Waals surface area contributed by atoms with Crippen LogP contribution in [0.15, 0.2) is 0 Å². The maximum absolute atomic E-state index is 11.0. The zero-order valence-electron chi connectivity index (χ0n) is 6.68. The van der Waals surface area contributed by atoms with Gasteiger partial charge in [0.05, 0.1) is 5.54 Å². The third kappa shape index (κ3) is 2.99. The maximum atomic E-state index is 11.0. The highest BCUT2D eigenvalue weighted by atomic mass is 16.2. The summed E-state index contributed by atoms with van der Waals surface area (Å²) in [6.07, 6.45) is 0.451. The average Bonchev–Trinajstić information content (AvgIpc) is 1.86. The van der Waals surface area contributed by atoms with Crippen LogP contribution in [0.2, 0.25) is 0 Å². The number of urea groups is 1. The summed E-state index contributed by atoms with van der Waals surface area (Å²) in [6, 6.07) is -0.875. The molecule has 3 amide bonds. The average molecular weight is 159 g/mol. The van der Waals surface area contributed by atoms with Crippen molar-refractivity contribution < 1.29 is 9.59 Å². The van der Waals surface area contributed by atoms with E-state index in [0.717, 1.165) is 0 Å². The molecule has 0 spiro atoms. The lowest BCUT2D eigenvalue weighted by Crippen LogP contribution is -2.53. The van der Waals surface area contributed by atoms with Crippen LogP contribution in [0.4, 0.5) is 4.79 Å². The second-order valence-electron chi connectivity index (χ2n) is 2.59. The predicted molar refractivity (Wildman–Crippen MR) is 40.6 cm³/mol. The highest BCUT2D eigenvalue weighted by molar-refractivity contribution is 5.98. The first-order valence-corrected chi connectivity index (χ1v) is 3.30. The molecule has 0 saturated carbocycles. The van der Waals surface area contributed by atoms with E-state index in [2.05, 4.69) is 0 Å². The minimum absolute atomic E-state index is 0.451. The number of hydrogen-bond donors (Lipinski definition) is 3. The van der Waals surface area contributed by atoms with Crippen LogP contribution in [-0.2, 0) is 4.79 Å². The van der Waals surface area contributed by atoms with Gasteiger partial charge in [-0.15, -0.1) is 0 Å². The predicted octanol–water partition coefficient (Wildman–Crippen LogP) is -0.691. The van der Waals surface area contributed by atoms with Gasteiger partial charge < -0.3 is 11.5 Å². The molecule has 1 atom stereocenters. The van der Waals surface area contributed by atoms with Crippen molar-refractivity contribution >= 4 is 11.9 Å². The van der Waals surface area contributed by atoms with Gasteiger partial charge in [-0.3, -0.25) is 10.1 Å². The van der Waals surface area contributed by atoms with Crippen LogP contribution in [0.3, 0.4) is 0 Å². The molecular weight excluding hydrogens is 146 g/mol. The summed E-state index contributed by atoms with van der Waals surface area (Å²) in [7, 11) is 0. The Morgan fingerprint density at radius 1 is 1.55 bits per heavy atom. The fourth-order valence-corrected chi connectivity index (χ4v) is 0.415. The Morgan fingerprint density at radius 3 is 2.27 bits per heavy atom. The molecule has 0 aromatic heterocycles. The molecule has 5 nitrogen and oxygen atoms in total. The number of rotatable bonds is 2. The number of nitrogens with two attached hydrogens (primary N) is 2. The monoisotopic (exact) mass is 159 g/mol. The highest BCUT2D eigenvalue weighted by Gasteiger charge is 2.26. The zero-order chi connectivity index (χ0) is 9.07. The quantitative estimate of drug-likeness (QED) is 0.497. The Hall–Kier alpha value is -1.10. The molecule has 0 aromatic carbocycles. The van der Waals surface area contributed by atoms with Gasteiger partial charge in [0.25, 0.3) is 0 Å². The van der Waals surface area contributed by atoms with Crippen LogP contribution in [-0.4, -0.2) is 17.5 Å². The van der Waals surface area contributed by atoms with Crippen molar-refractivity contribution in [3.8, 4) is 0 Å². The molecule has 1 unspecified atom stereocenters. The normalized spacial score (nSPS) is 15.2. The summed E-state index contributed by atoms with van der Waals surface area (Å²) >= 11 is 0. The first-order valence-electron chi connectivity index (χ1n) is 3.30. The Balaban J connectivity index is 4.13.